The molecule has 1 aliphatic heterocycles. The molecule has 2 aromatic rings. The average molecular weight is 416 g/mol. The largest absolute Gasteiger partial charge is 0.494 e. The summed E-state index contributed by atoms with van der Waals surface area (Å²) in [7, 11) is -3.44. The second kappa shape index (κ2) is 8.65. The molecule has 0 aliphatic carbocycles. The topological polar surface area (TPSA) is 88.1 Å². The van der Waals surface area contributed by atoms with Gasteiger partial charge in [0.25, 0.3) is 0 Å². The number of hydrogen-bond donors (Lipinski definition) is 1. The fraction of sp³-hybridized carbons (Fsp3) is 0.333. The van der Waals surface area contributed by atoms with Gasteiger partial charge in [-0.15, -0.1) is 0 Å². The van der Waals surface area contributed by atoms with Gasteiger partial charge in [-0.3, -0.25) is 9.52 Å². The number of anilines is 1. The summed E-state index contributed by atoms with van der Waals surface area (Å²) in [6.07, 6.45) is 1.92. The van der Waals surface area contributed by atoms with E-state index in [1.165, 1.54) is 5.01 Å². The second-order valence-electron chi connectivity index (χ2n) is 6.78. The van der Waals surface area contributed by atoms with Crippen LogP contribution in [0.2, 0.25) is 0 Å². The Balaban J connectivity index is 1.95. The van der Waals surface area contributed by atoms with E-state index in [0.717, 1.165) is 17.6 Å². The van der Waals surface area contributed by atoms with Crippen LogP contribution >= 0.6 is 0 Å². The number of carbonyl (C=O) groups is 1. The van der Waals surface area contributed by atoms with E-state index in [-0.39, 0.29) is 11.9 Å². The van der Waals surface area contributed by atoms with Crippen LogP contribution < -0.4 is 9.46 Å². The van der Waals surface area contributed by atoms with Crippen molar-refractivity contribution in [3.8, 4) is 5.75 Å². The zero-order chi connectivity index (χ0) is 21.0. The van der Waals surface area contributed by atoms with Gasteiger partial charge in [0.1, 0.15) is 5.75 Å². The van der Waals surface area contributed by atoms with Crippen molar-refractivity contribution in [3.05, 3.63) is 59.7 Å². The summed E-state index contributed by atoms with van der Waals surface area (Å²) >= 11 is 0. The van der Waals surface area contributed by atoms with Crippen molar-refractivity contribution in [3.63, 3.8) is 0 Å². The van der Waals surface area contributed by atoms with Crippen LogP contribution in [-0.2, 0) is 14.8 Å². The molecular formula is C21H25N3O4S. The first kappa shape index (κ1) is 20.9. The molecule has 8 heteroatoms. The molecule has 0 saturated heterocycles. The van der Waals surface area contributed by atoms with Crippen molar-refractivity contribution < 1.29 is 17.9 Å². The molecular weight excluding hydrogens is 390 g/mol. The smallest absolute Gasteiger partial charge is 0.242 e. The zero-order valence-corrected chi connectivity index (χ0v) is 17.6. The average Bonchev–Trinajstić information content (AvgIpc) is 3.12. The van der Waals surface area contributed by atoms with Crippen LogP contribution in [0.4, 0.5) is 5.69 Å². The first-order valence-electron chi connectivity index (χ1n) is 9.52. The first-order chi connectivity index (χ1) is 13.8. The molecule has 2 aromatic carbocycles. The highest BCUT2D eigenvalue weighted by Crippen LogP contribution is 2.35. The Kier molecular flexibility index (Phi) is 6.22. The van der Waals surface area contributed by atoms with Crippen molar-refractivity contribution in [2.24, 2.45) is 5.10 Å². The van der Waals surface area contributed by atoms with Gasteiger partial charge in [0, 0.05) is 18.4 Å². The molecule has 1 heterocycles. The summed E-state index contributed by atoms with van der Waals surface area (Å²) in [5, 5.41) is 6.07. The molecule has 1 amide bonds. The van der Waals surface area contributed by atoms with Crippen LogP contribution in [-0.4, -0.2) is 37.9 Å². The quantitative estimate of drug-likeness (QED) is 0.749. The van der Waals surface area contributed by atoms with Crippen LogP contribution in [0, 0.1) is 0 Å². The number of rotatable bonds is 7. The molecule has 3 rings (SSSR count). The predicted molar refractivity (Wildman–Crippen MR) is 114 cm³/mol. The minimum absolute atomic E-state index is 0.0903. The number of nitrogens with zero attached hydrogens (tertiary/aromatic N) is 2. The molecule has 1 aliphatic rings. The Morgan fingerprint density at radius 1 is 1.17 bits per heavy atom. The Bertz CT molecular complexity index is 1020. The third kappa shape index (κ3) is 4.95. The molecule has 0 radical (unpaired) electrons. The number of nitrogens with one attached hydrogen (secondary N) is 1. The van der Waals surface area contributed by atoms with E-state index in [2.05, 4.69) is 9.82 Å². The molecule has 0 fully saturated rings. The second-order valence-corrected chi connectivity index (χ2v) is 8.53. The third-order valence-electron chi connectivity index (χ3n) is 4.58. The maximum Gasteiger partial charge on any atom is 0.242 e. The number of hydrazone groups is 1. The lowest BCUT2D eigenvalue weighted by Crippen LogP contribution is -2.26. The van der Waals surface area contributed by atoms with Gasteiger partial charge in [-0.05, 0) is 30.7 Å². The first-order valence-corrected chi connectivity index (χ1v) is 11.4. The summed E-state index contributed by atoms with van der Waals surface area (Å²) in [5.41, 5.74) is 2.73. The summed E-state index contributed by atoms with van der Waals surface area (Å²) in [6, 6.07) is 14.5. The standard InChI is InChI=1S/C21H25N3O4S/c1-4-21(25)24-20(15-10-12-16(13-11-15)28-5-2)14-19(22-24)17-8-6-7-9-18(17)23-29(3,26)27/h6-13,20,23H,4-5,14H2,1-3H3. The van der Waals surface area contributed by atoms with Gasteiger partial charge in [0.05, 0.1) is 30.3 Å². The molecule has 0 aromatic heterocycles. The van der Waals surface area contributed by atoms with Crippen LogP contribution in [0.5, 0.6) is 5.75 Å². The van der Waals surface area contributed by atoms with Crippen LogP contribution in [0.25, 0.3) is 0 Å². The summed E-state index contributed by atoms with van der Waals surface area (Å²) < 4.78 is 31.5. The normalized spacial score (nSPS) is 16.4. The maximum absolute atomic E-state index is 12.5. The molecule has 0 saturated carbocycles. The van der Waals surface area contributed by atoms with Crippen molar-refractivity contribution in [2.75, 3.05) is 17.6 Å². The SMILES string of the molecule is CCOc1ccc(C2CC(c3ccccc3NS(C)(=O)=O)=NN2C(=O)CC)cc1. The molecule has 1 atom stereocenters. The van der Waals surface area contributed by atoms with Crippen molar-refractivity contribution >= 4 is 27.3 Å². The van der Waals surface area contributed by atoms with Crippen molar-refractivity contribution in [2.45, 2.75) is 32.7 Å². The lowest BCUT2D eigenvalue weighted by Gasteiger charge is -2.21. The fourth-order valence-corrected chi connectivity index (χ4v) is 3.88. The highest BCUT2D eigenvalue weighted by atomic mass is 32.2. The minimum Gasteiger partial charge on any atom is -0.494 e. The van der Waals surface area contributed by atoms with Gasteiger partial charge in [-0.25, -0.2) is 13.4 Å². The molecule has 29 heavy (non-hydrogen) atoms. The number of carbonyl (C=O) groups excluding carboxylic acids is 1. The van der Waals surface area contributed by atoms with Crippen LogP contribution in [0.15, 0.2) is 53.6 Å². The van der Waals surface area contributed by atoms with Gasteiger partial charge < -0.3 is 4.74 Å². The van der Waals surface area contributed by atoms with Gasteiger partial charge in [0.15, 0.2) is 0 Å². The van der Waals surface area contributed by atoms with Gasteiger partial charge in [-0.1, -0.05) is 37.3 Å². The summed E-state index contributed by atoms with van der Waals surface area (Å²) in [5.74, 6) is 0.680. The van der Waals surface area contributed by atoms with E-state index >= 15 is 0 Å². The molecule has 0 spiro atoms. The molecule has 0 bridgehead atoms. The Labute approximate surface area is 171 Å². The molecule has 1 N–H and O–H groups in total. The van der Waals surface area contributed by atoms with Gasteiger partial charge in [0.2, 0.25) is 15.9 Å². The lowest BCUT2D eigenvalue weighted by molar-refractivity contribution is -0.132. The van der Waals surface area contributed by atoms with E-state index < -0.39 is 10.0 Å². The van der Waals surface area contributed by atoms with Gasteiger partial charge >= 0.3 is 0 Å². The van der Waals surface area contributed by atoms with Crippen LogP contribution in [0.3, 0.4) is 0 Å². The molecule has 7 nitrogen and oxygen atoms in total. The van der Waals surface area contributed by atoms with Crippen LogP contribution in [0.1, 0.15) is 43.9 Å². The molecule has 1 unspecified atom stereocenters. The maximum atomic E-state index is 12.5. The van der Waals surface area contributed by atoms with Crippen molar-refractivity contribution in [1.82, 2.24) is 5.01 Å². The molecule has 154 valence electrons. The number of benzene rings is 2. The zero-order valence-electron chi connectivity index (χ0n) is 16.8. The van der Waals surface area contributed by atoms with E-state index in [0.29, 0.717) is 36.4 Å². The van der Waals surface area contributed by atoms with E-state index in [4.69, 9.17) is 4.74 Å². The highest BCUT2D eigenvalue weighted by Gasteiger charge is 2.33. The van der Waals surface area contributed by atoms with E-state index in [1.54, 1.807) is 19.1 Å². The summed E-state index contributed by atoms with van der Waals surface area (Å²) in [4.78, 5) is 12.5. The Morgan fingerprint density at radius 2 is 1.86 bits per heavy atom. The number of hydrogen-bond acceptors (Lipinski definition) is 5. The number of sulfonamides is 1. The minimum atomic E-state index is -3.44. The number of para-hydroxylation sites is 1. The third-order valence-corrected chi connectivity index (χ3v) is 5.17. The number of ether oxygens (including phenoxy) is 1. The van der Waals surface area contributed by atoms with Gasteiger partial charge in [-0.2, -0.15) is 5.10 Å². The fourth-order valence-electron chi connectivity index (χ4n) is 3.30. The predicted octanol–water partition coefficient (Wildman–Crippen LogP) is 3.54. The monoisotopic (exact) mass is 415 g/mol. The summed E-state index contributed by atoms with van der Waals surface area (Å²) in [6.45, 7) is 4.31. The number of amides is 1. The highest BCUT2D eigenvalue weighted by molar-refractivity contribution is 7.92. The Hall–Kier alpha value is -2.87. The lowest BCUT2D eigenvalue weighted by atomic mass is 9.97. The Morgan fingerprint density at radius 3 is 2.48 bits per heavy atom. The van der Waals surface area contributed by atoms with E-state index in [9.17, 15) is 13.2 Å². The van der Waals surface area contributed by atoms with E-state index in [1.807, 2.05) is 43.3 Å². The van der Waals surface area contributed by atoms with Crippen molar-refractivity contribution in [1.29, 1.82) is 0 Å².